The molecule has 1 rings (SSSR count). The molecule has 2 atom stereocenters. The molecule has 0 saturated heterocycles. The summed E-state index contributed by atoms with van der Waals surface area (Å²) in [5.74, 6) is -1.81. The Balaban J connectivity index is 2.63. The standard InChI is InChI=1S/C17H22FNO6/c1-3-23-14(20)10-13(18)15(16(21)24-4-2)19-17(22)25-11-12-8-6-5-7-9-12/h5-9,13,15H,3-4,10-11H2,1-2H3,(H,19,22)/t13?,15-/m0/s1. The maximum absolute atomic E-state index is 14.3. The third-order valence-corrected chi connectivity index (χ3v) is 3.06. The van der Waals surface area contributed by atoms with Gasteiger partial charge in [-0.1, -0.05) is 30.3 Å². The highest BCUT2D eigenvalue weighted by atomic mass is 19.1. The van der Waals surface area contributed by atoms with E-state index in [1.54, 1.807) is 38.1 Å². The zero-order valence-corrected chi connectivity index (χ0v) is 14.2. The quantitative estimate of drug-likeness (QED) is 0.539. The van der Waals surface area contributed by atoms with Crippen molar-refractivity contribution in [1.82, 2.24) is 5.32 Å². The third kappa shape index (κ3) is 7.65. The summed E-state index contributed by atoms with van der Waals surface area (Å²) in [6.45, 7) is 3.16. The Bertz CT molecular complexity index is 566. The predicted octanol–water partition coefficient (Wildman–Crippen LogP) is 2.14. The Morgan fingerprint density at radius 3 is 2.28 bits per heavy atom. The molecule has 0 aliphatic carbocycles. The first kappa shape index (κ1) is 20.4. The Hall–Kier alpha value is -2.64. The van der Waals surface area contributed by atoms with Crippen molar-refractivity contribution in [2.75, 3.05) is 13.2 Å². The molecule has 0 bridgehead atoms. The molecule has 1 amide bonds. The van der Waals surface area contributed by atoms with Crippen LogP contribution >= 0.6 is 0 Å². The van der Waals surface area contributed by atoms with Crippen molar-refractivity contribution in [3.63, 3.8) is 0 Å². The largest absolute Gasteiger partial charge is 0.466 e. The van der Waals surface area contributed by atoms with Crippen LogP contribution in [0.5, 0.6) is 0 Å². The summed E-state index contributed by atoms with van der Waals surface area (Å²) in [5.41, 5.74) is 0.730. The Morgan fingerprint density at radius 1 is 1.04 bits per heavy atom. The van der Waals surface area contributed by atoms with Gasteiger partial charge in [-0.05, 0) is 19.4 Å². The van der Waals surface area contributed by atoms with Gasteiger partial charge in [0.1, 0.15) is 12.8 Å². The summed E-state index contributed by atoms with van der Waals surface area (Å²) in [7, 11) is 0. The molecule has 8 heteroatoms. The van der Waals surface area contributed by atoms with Crippen LogP contribution in [0.15, 0.2) is 30.3 Å². The smallest absolute Gasteiger partial charge is 0.408 e. The maximum Gasteiger partial charge on any atom is 0.408 e. The van der Waals surface area contributed by atoms with E-state index in [0.29, 0.717) is 0 Å². The van der Waals surface area contributed by atoms with Gasteiger partial charge in [-0.3, -0.25) is 4.79 Å². The van der Waals surface area contributed by atoms with Gasteiger partial charge in [0.25, 0.3) is 0 Å². The van der Waals surface area contributed by atoms with Crippen molar-refractivity contribution < 1.29 is 33.0 Å². The molecule has 0 aliphatic rings. The molecule has 138 valence electrons. The molecular weight excluding hydrogens is 333 g/mol. The first-order chi connectivity index (χ1) is 12.0. The number of ether oxygens (including phenoxy) is 3. The number of carbonyl (C=O) groups is 3. The van der Waals surface area contributed by atoms with Crippen molar-refractivity contribution in [2.24, 2.45) is 0 Å². The second-order valence-corrected chi connectivity index (χ2v) is 4.96. The van der Waals surface area contributed by atoms with E-state index in [1.165, 1.54) is 0 Å². The second-order valence-electron chi connectivity index (χ2n) is 4.96. The number of alkyl carbamates (subject to hydrolysis) is 1. The fourth-order valence-electron chi connectivity index (χ4n) is 1.92. The van der Waals surface area contributed by atoms with Crippen molar-refractivity contribution in [1.29, 1.82) is 0 Å². The first-order valence-corrected chi connectivity index (χ1v) is 7.91. The number of amides is 1. The zero-order valence-electron chi connectivity index (χ0n) is 14.2. The molecule has 0 fully saturated rings. The van der Waals surface area contributed by atoms with Crippen LogP contribution in [0.3, 0.4) is 0 Å². The number of halogens is 1. The van der Waals surface area contributed by atoms with E-state index in [-0.39, 0.29) is 19.8 Å². The summed E-state index contributed by atoms with van der Waals surface area (Å²) < 4.78 is 28.6. The molecule has 0 heterocycles. The maximum atomic E-state index is 14.3. The minimum atomic E-state index is -2.00. The zero-order chi connectivity index (χ0) is 18.7. The van der Waals surface area contributed by atoms with E-state index < -0.39 is 36.7 Å². The fourth-order valence-corrected chi connectivity index (χ4v) is 1.92. The number of hydrogen-bond acceptors (Lipinski definition) is 6. The van der Waals surface area contributed by atoms with Crippen LogP contribution < -0.4 is 5.32 Å². The highest BCUT2D eigenvalue weighted by Gasteiger charge is 2.33. The van der Waals surface area contributed by atoms with Gasteiger partial charge in [0.05, 0.1) is 19.6 Å². The van der Waals surface area contributed by atoms with Gasteiger partial charge in [-0.25, -0.2) is 14.0 Å². The highest BCUT2D eigenvalue weighted by Crippen LogP contribution is 2.09. The fraction of sp³-hybridized carbons (Fsp3) is 0.471. The molecule has 0 spiro atoms. The number of hydrogen-bond donors (Lipinski definition) is 1. The molecule has 1 unspecified atom stereocenters. The average molecular weight is 355 g/mol. The van der Waals surface area contributed by atoms with E-state index >= 15 is 0 Å². The van der Waals surface area contributed by atoms with Crippen molar-refractivity contribution >= 4 is 18.0 Å². The summed E-state index contributed by atoms with van der Waals surface area (Å²) in [4.78, 5) is 35.1. The molecule has 1 aromatic rings. The summed E-state index contributed by atoms with van der Waals surface area (Å²) >= 11 is 0. The predicted molar refractivity (Wildman–Crippen MR) is 86.3 cm³/mol. The average Bonchev–Trinajstić information content (AvgIpc) is 2.59. The van der Waals surface area contributed by atoms with Crippen molar-refractivity contribution in [3.8, 4) is 0 Å². The Labute approximate surface area is 145 Å². The molecule has 1 N–H and O–H groups in total. The number of benzene rings is 1. The molecule has 7 nitrogen and oxygen atoms in total. The minimum Gasteiger partial charge on any atom is -0.466 e. The lowest BCUT2D eigenvalue weighted by molar-refractivity contribution is -0.149. The van der Waals surface area contributed by atoms with E-state index in [0.717, 1.165) is 5.56 Å². The van der Waals surface area contributed by atoms with Crippen LogP contribution in [0, 0.1) is 0 Å². The van der Waals surface area contributed by atoms with Gasteiger partial charge < -0.3 is 19.5 Å². The number of alkyl halides is 1. The van der Waals surface area contributed by atoms with Gasteiger partial charge >= 0.3 is 18.0 Å². The second kappa shape index (κ2) is 11.0. The van der Waals surface area contributed by atoms with Crippen LogP contribution in [-0.2, 0) is 30.4 Å². The van der Waals surface area contributed by atoms with Crippen LogP contribution in [0.2, 0.25) is 0 Å². The summed E-state index contributed by atoms with van der Waals surface area (Å²) in [6, 6.07) is 7.18. The van der Waals surface area contributed by atoms with Gasteiger partial charge in [0.2, 0.25) is 0 Å². The van der Waals surface area contributed by atoms with Crippen molar-refractivity contribution in [3.05, 3.63) is 35.9 Å². The van der Waals surface area contributed by atoms with Crippen LogP contribution in [0.4, 0.5) is 9.18 Å². The summed E-state index contributed by atoms with van der Waals surface area (Å²) in [5, 5.41) is 2.10. The van der Waals surface area contributed by atoms with Crippen LogP contribution in [0.1, 0.15) is 25.8 Å². The van der Waals surface area contributed by atoms with Crippen LogP contribution in [-0.4, -0.2) is 43.5 Å². The first-order valence-electron chi connectivity index (χ1n) is 7.91. The lowest BCUT2D eigenvalue weighted by Gasteiger charge is -2.20. The Kier molecular flexibility index (Phi) is 8.99. The lowest BCUT2D eigenvalue weighted by atomic mass is 10.1. The summed E-state index contributed by atoms with van der Waals surface area (Å²) in [6.07, 6.45) is -3.67. The molecular formula is C17H22FNO6. The lowest BCUT2D eigenvalue weighted by Crippen LogP contribution is -2.48. The van der Waals surface area contributed by atoms with Gasteiger partial charge in [0, 0.05) is 0 Å². The van der Waals surface area contributed by atoms with E-state index in [9.17, 15) is 18.8 Å². The number of rotatable bonds is 9. The van der Waals surface area contributed by atoms with Gasteiger partial charge in [-0.15, -0.1) is 0 Å². The van der Waals surface area contributed by atoms with E-state index in [4.69, 9.17) is 9.47 Å². The van der Waals surface area contributed by atoms with Gasteiger partial charge in [0.15, 0.2) is 6.04 Å². The molecule has 0 aromatic heterocycles. The third-order valence-electron chi connectivity index (χ3n) is 3.06. The molecule has 1 aromatic carbocycles. The number of esters is 2. The number of carbonyl (C=O) groups excluding carboxylic acids is 3. The SMILES string of the molecule is CCOC(=O)CC(F)[C@H](NC(=O)OCc1ccccc1)C(=O)OCC. The molecule has 0 aliphatic heterocycles. The number of nitrogens with one attached hydrogen (secondary N) is 1. The van der Waals surface area contributed by atoms with E-state index in [2.05, 4.69) is 10.1 Å². The van der Waals surface area contributed by atoms with Gasteiger partial charge in [-0.2, -0.15) is 0 Å². The molecule has 0 saturated carbocycles. The topological polar surface area (TPSA) is 90.9 Å². The van der Waals surface area contributed by atoms with Crippen LogP contribution in [0.25, 0.3) is 0 Å². The monoisotopic (exact) mass is 355 g/mol. The van der Waals surface area contributed by atoms with E-state index in [1.807, 2.05) is 6.07 Å². The minimum absolute atomic E-state index is 0.00219. The highest BCUT2D eigenvalue weighted by molar-refractivity contribution is 5.83. The molecule has 0 radical (unpaired) electrons. The van der Waals surface area contributed by atoms with Crippen molar-refractivity contribution in [2.45, 2.75) is 39.1 Å². The molecule has 25 heavy (non-hydrogen) atoms. The Morgan fingerprint density at radius 2 is 1.68 bits per heavy atom. The normalized spacial score (nSPS) is 12.6.